The van der Waals surface area contributed by atoms with E-state index in [0.29, 0.717) is 17.4 Å². The Morgan fingerprint density at radius 2 is 1.23 bits per heavy atom. The molecule has 3 unspecified atom stereocenters. The third kappa shape index (κ3) is 33.0. The van der Waals surface area contributed by atoms with Gasteiger partial charge in [0.1, 0.15) is 13.2 Å². The summed E-state index contributed by atoms with van der Waals surface area (Å²) < 4.78 is 23.2. The predicted molar refractivity (Wildman–Crippen MR) is 198 cm³/mol. The Labute approximate surface area is 289 Å². The highest BCUT2D eigenvalue weighted by atomic mass is 31.2. The zero-order valence-corrected chi connectivity index (χ0v) is 31.9. The first-order valence-electron chi connectivity index (χ1n) is 18.9. The molecule has 0 aliphatic carbocycles. The van der Waals surface area contributed by atoms with Crippen molar-refractivity contribution in [2.24, 2.45) is 0 Å². The lowest BCUT2D eigenvalue weighted by Gasteiger charge is -2.25. The van der Waals surface area contributed by atoms with Gasteiger partial charge in [-0.1, -0.05) is 134 Å². The van der Waals surface area contributed by atoms with Crippen LogP contribution in [0.1, 0.15) is 149 Å². The molecule has 9 heteroatoms. The Morgan fingerprint density at radius 3 is 1.79 bits per heavy atom. The number of unbranched alkanes of at least 4 members (excludes halogenated alkanes) is 16. The van der Waals surface area contributed by atoms with Gasteiger partial charge in [0.2, 0.25) is 5.91 Å². The molecule has 0 fully saturated rings. The van der Waals surface area contributed by atoms with Gasteiger partial charge >= 0.3 is 7.82 Å². The number of carbonyl (C=O) groups excluding carboxylic acids is 1. The van der Waals surface area contributed by atoms with Crippen molar-refractivity contribution in [3.8, 4) is 0 Å². The summed E-state index contributed by atoms with van der Waals surface area (Å²) in [5.41, 5.74) is 0. The van der Waals surface area contributed by atoms with Gasteiger partial charge in [-0.25, -0.2) is 4.57 Å². The minimum Gasteiger partial charge on any atom is -0.387 e. The maximum atomic E-state index is 12.7. The molecule has 0 saturated heterocycles. The van der Waals surface area contributed by atoms with Crippen molar-refractivity contribution < 1.29 is 32.9 Å². The van der Waals surface area contributed by atoms with Crippen LogP contribution in [0.4, 0.5) is 0 Å². The summed E-state index contributed by atoms with van der Waals surface area (Å²) in [6.07, 6.45) is 35.5. The van der Waals surface area contributed by atoms with Crippen molar-refractivity contribution in [3.05, 3.63) is 36.5 Å². The Bertz CT molecular complexity index is 871. The number of amides is 1. The highest BCUT2D eigenvalue weighted by molar-refractivity contribution is 7.47. The zero-order valence-electron chi connectivity index (χ0n) is 31.0. The molecule has 276 valence electrons. The molecule has 0 radical (unpaired) electrons. The van der Waals surface area contributed by atoms with Crippen LogP contribution in [0.3, 0.4) is 0 Å². The first-order chi connectivity index (χ1) is 22.5. The molecule has 0 aromatic carbocycles. The second-order valence-electron chi connectivity index (χ2n) is 13.9. The number of aliphatic hydroxyl groups excluding tert-OH is 1. The number of aliphatic hydroxyl groups is 1. The first kappa shape index (κ1) is 45.7. The van der Waals surface area contributed by atoms with Gasteiger partial charge in [0.15, 0.2) is 0 Å². The van der Waals surface area contributed by atoms with Crippen LogP contribution in [0.2, 0.25) is 0 Å². The molecular weight excluding hydrogens is 611 g/mol. The van der Waals surface area contributed by atoms with E-state index in [2.05, 4.69) is 43.5 Å². The molecule has 1 amide bonds. The number of likely N-dealkylation sites (N-methyl/N-ethyl adjacent to an activating group) is 1. The number of phosphoric acid groups is 1. The number of hydrogen-bond donors (Lipinski definition) is 3. The Kier molecular flexibility index (Phi) is 29.9. The van der Waals surface area contributed by atoms with E-state index >= 15 is 0 Å². The van der Waals surface area contributed by atoms with Crippen LogP contribution in [0, 0.1) is 0 Å². The number of allylic oxidation sites excluding steroid dienone is 5. The summed E-state index contributed by atoms with van der Waals surface area (Å²) in [6, 6.07) is -0.843. The Balaban J connectivity index is 4.12. The Hall–Kier alpha value is -1.28. The number of nitrogens with zero attached hydrogens (tertiary/aromatic N) is 1. The largest absolute Gasteiger partial charge is 0.472 e. The third-order valence-corrected chi connectivity index (χ3v) is 9.09. The molecule has 3 atom stereocenters. The van der Waals surface area contributed by atoms with Crippen molar-refractivity contribution in [3.63, 3.8) is 0 Å². The first-order valence-corrected chi connectivity index (χ1v) is 20.4. The maximum Gasteiger partial charge on any atom is 0.472 e. The van der Waals surface area contributed by atoms with Crippen LogP contribution in [0.15, 0.2) is 36.5 Å². The van der Waals surface area contributed by atoms with Crippen LogP contribution < -0.4 is 5.32 Å². The average Bonchev–Trinajstić information content (AvgIpc) is 3.01. The van der Waals surface area contributed by atoms with E-state index in [1.807, 2.05) is 27.2 Å². The van der Waals surface area contributed by atoms with Gasteiger partial charge in [-0.15, -0.1) is 0 Å². The zero-order chi connectivity index (χ0) is 35.1. The summed E-state index contributed by atoms with van der Waals surface area (Å²) in [7, 11) is 1.56. The smallest absolute Gasteiger partial charge is 0.387 e. The van der Waals surface area contributed by atoms with Crippen molar-refractivity contribution in [1.29, 1.82) is 0 Å². The van der Waals surface area contributed by atoms with E-state index < -0.39 is 20.0 Å². The summed E-state index contributed by atoms with van der Waals surface area (Å²) in [5.74, 6) is -0.193. The SMILES string of the molecule is CCCC/C=C/C(O)C(COP(=O)(O)OCC[N+](C)(C)C)NC(=O)CCCCCCCCCCC/C=C\C/C=C\CCCCCCC. The van der Waals surface area contributed by atoms with Crippen molar-refractivity contribution in [2.45, 2.75) is 161 Å². The molecule has 8 nitrogen and oxygen atoms in total. The molecule has 0 saturated carbocycles. The molecule has 47 heavy (non-hydrogen) atoms. The van der Waals surface area contributed by atoms with Crippen LogP contribution in [0.5, 0.6) is 0 Å². The summed E-state index contributed by atoms with van der Waals surface area (Å²) in [4.78, 5) is 22.8. The highest BCUT2D eigenvalue weighted by Crippen LogP contribution is 2.43. The number of hydrogen-bond acceptors (Lipinski definition) is 5. The van der Waals surface area contributed by atoms with E-state index in [9.17, 15) is 19.4 Å². The van der Waals surface area contributed by atoms with Crippen molar-refractivity contribution >= 4 is 13.7 Å². The normalized spacial score (nSPS) is 15.1. The third-order valence-electron chi connectivity index (χ3n) is 8.10. The van der Waals surface area contributed by atoms with E-state index in [1.165, 1.54) is 83.5 Å². The van der Waals surface area contributed by atoms with Gasteiger partial charge in [-0.05, 0) is 44.9 Å². The fourth-order valence-electron chi connectivity index (χ4n) is 5.00. The van der Waals surface area contributed by atoms with Gasteiger partial charge in [0, 0.05) is 6.42 Å². The van der Waals surface area contributed by atoms with Gasteiger partial charge in [0.25, 0.3) is 0 Å². The predicted octanol–water partition coefficient (Wildman–Crippen LogP) is 9.57. The van der Waals surface area contributed by atoms with E-state index in [4.69, 9.17) is 9.05 Å². The summed E-state index contributed by atoms with van der Waals surface area (Å²) in [6.45, 7) is 4.62. The van der Waals surface area contributed by atoms with Crippen LogP contribution in [0.25, 0.3) is 0 Å². The minimum absolute atomic E-state index is 0.0586. The lowest BCUT2D eigenvalue weighted by Crippen LogP contribution is -2.45. The van der Waals surface area contributed by atoms with Gasteiger partial charge < -0.3 is 19.8 Å². The number of quaternary nitrogens is 1. The topological polar surface area (TPSA) is 105 Å². The van der Waals surface area contributed by atoms with Crippen molar-refractivity contribution in [1.82, 2.24) is 5.32 Å². The van der Waals surface area contributed by atoms with Gasteiger partial charge in [-0.3, -0.25) is 13.8 Å². The van der Waals surface area contributed by atoms with Gasteiger partial charge in [-0.2, -0.15) is 0 Å². The summed E-state index contributed by atoms with van der Waals surface area (Å²) >= 11 is 0. The molecule has 3 N–H and O–H groups in total. The van der Waals surface area contributed by atoms with E-state index in [-0.39, 0.29) is 19.1 Å². The van der Waals surface area contributed by atoms with Crippen LogP contribution in [-0.2, 0) is 18.4 Å². The molecule has 0 heterocycles. The highest BCUT2D eigenvalue weighted by Gasteiger charge is 2.27. The van der Waals surface area contributed by atoms with E-state index in [0.717, 1.165) is 44.9 Å². The lowest BCUT2D eigenvalue weighted by atomic mass is 10.1. The molecular formula is C38H74N2O6P+. The van der Waals surface area contributed by atoms with Crippen LogP contribution >= 0.6 is 7.82 Å². The lowest BCUT2D eigenvalue weighted by molar-refractivity contribution is -0.870. The second kappa shape index (κ2) is 30.8. The fourth-order valence-corrected chi connectivity index (χ4v) is 5.73. The molecule has 0 aromatic heterocycles. The average molecular weight is 686 g/mol. The maximum absolute atomic E-state index is 12.7. The van der Waals surface area contributed by atoms with Gasteiger partial charge in [0.05, 0.1) is 39.9 Å². The fraction of sp³-hybridized carbons (Fsp3) is 0.816. The molecule has 0 bridgehead atoms. The molecule has 0 rings (SSSR count). The number of nitrogens with one attached hydrogen (secondary N) is 1. The molecule has 0 spiro atoms. The van der Waals surface area contributed by atoms with Crippen LogP contribution in [-0.4, -0.2) is 73.4 Å². The Morgan fingerprint density at radius 1 is 0.723 bits per heavy atom. The number of rotatable bonds is 33. The van der Waals surface area contributed by atoms with E-state index in [1.54, 1.807) is 6.08 Å². The number of phosphoric ester groups is 1. The molecule has 0 aromatic rings. The monoisotopic (exact) mass is 686 g/mol. The molecule has 0 aliphatic rings. The quantitative estimate of drug-likeness (QED) is 0.0275. The minimum atomic E-state index is -4.31. The standard InChI is InChI=1S/C38H73N2O6P/c1-6-8-10-12-13-14-15-16-17-18-19-20-21-22-23-24-25-26-27-28-30-32-38(42)39-36(37(41)31-29-11-9-7-2)35-46-47(43,44)45-34-33-40(3,4)5/h15-16,18-19,29,31,36-37,41H,6-14,17,20-28,30,32-35H2,1-5H3,(H-,39,42,43,44)/p+1/b16-15-,19-18-,31-29+. The van der Waals surface area contributed by atoms with Crippen molar-refractivity contribution in [2.75, 3.05) is 40.9 Å². The number of carbonyl (C=O) groups is 1. The summed E-state index contributed by atoms with van der Waals surface area (Å²) in [5, 5.41) is 13.5. The second-order valence-corrected chi connectivity index (χ2v) is 15.4. The molecule has 0 aliphatic heterocycles.